The lowest BCUT2D eigenvalue weighted by atomic mass is 10.1. The van der Waals surface area contributed by atoms with Gasteiger partial charge >= 0.3 is 0 Å². The number of nitrogens with zero attached hydrogens (tertiary/aromatic N) is 3. The fourth-order valence-corrected chi connectivity index (χ4v) is 4.34. The van der Waals surface area contributed by atoms with E-state index in [0.717, 1.165) is 37.1 Å². The summed E-state index contributed by atoms with van der Waals surface area (Å²) in [6, 6.07) is 12.3. The molecule has 1 aliphatic heterocycles. The summed E-state index contributed by atoms with van der Waals surface area (Å²) in [6.07, 6.45) is 0. The van der Waals surface area contributed by atoms with Crippen LogP contribution in [0.15, 0.2) is 36.4 Å². The van der Waals surface area contributed by atoms with Crippen LogP contribution in [0.2, 0.25) is 4.34 Å². The molecule has 0 saturated carbocycles. The molecule has 6 heteroatoms. The van der Waals surface area contributed by atoms with Crippen molar-refractivity contribution in [2.45, 2.75) is 20.0 Å². The van der Waals surface area contributed by atoms with E-state index in [-0.39, 0.29) is 5.91 Å². The molecular formula is C20H26ClN3OS. The van der Waals surface area contributed by atoms with E-state index < -0.39 is 0 Å². The van der Waals surface area contributed by atoms with E-state index in [1.807, 2.05) is 30.1 Å². The van der Waals surface area contributed by atoms with Gasteiger partial charge in [-0.05, 0) is 30.2 Å². The Morgan fingerprint density at radius 2 is 1.81 bits per heavy atom. The molecule has 1 aliphatic rings. The van der Waals surface area contributed by atoms with Gasteiger partial charge in [0.15, 0.2) is 0 Å². The smallest absolute Gasteiger partial charge is 0.236 e. The number of thiophene rings is 1. The molecule has 0 bridgehead atoms. The number of hydrogen-bond donors (Lipinski definition) is 0. The lowest BCUT2D eigenvalue weighted by molar-refractivity contribution is -0.132. The van der Waals surface area contributed by atoms with Crippen LogP contribution >= 0.6 is 22.9 Å². The Balaban J connectivity index is 1.43. The minimum Gasteiger partial charge on any atom is -0.340 e. The molecule has 2 aromatic rings. The van der Waals surface area contributed by atoms with Crippen molar-refractivity contribution in [3.63, 3.8) is 0 Å². The molecule has 140 valence electrons. The third-order valence-corrected chi connectivity index (χ3v) is 6.14. The van der Waals surface area contributed by atoms with Crippen LogP contribution in [0.5, 0.6) is 0 Å². The zero-order chi connectivity index (χ0) is 18.5. The number of hydrogen-bond acceptors (Lipinski definition) is 4. The summed E-state index contributed by atoms with van der Waals surface area (Å²) in [6.45, 7) is 8.06. The maximum Gasteiger partial charge on any atom is 0.236 e. The Kier molecular flexibility index (Phi) is 6.70. The van der Waals surface area contributed by atoms with Crippen molar-refractivity contribution in [2.75, 3.05) is 39.8 Å². The molecule has 1 saturated heterocycles. The van der Waals surface area contributed by atoms with E-state index in [1.54, 1.807) is 11.3 Å². The van der Waals surface area contributed by atoms with Crippen molar-refractivity contribution in [3.8, 4) is 0 Å². The summed E-state index contributed by atoms with van der Waals surface area (Å²) in [5, 5.41) is 0. The van der Waals surface area contributed by atoms with Gasteiger partial charge in [-0.1, -0.05) is 35.9 Å². The summed E-state index contributed by atoms with van der Waals surface area (Å²) in [7, 11) is 1.89. The first-order valence-electron chi connectivity index (χ1n) is 8.98. The van der Waals surface area contributed by atoms with Gasteiger partial charge in [0, 0.05) is 51.2 Å². The van der Waals surface area contributed by atoms with Gasteiger partial charge in [-0.3, -0.25) is 14.6 Å². The van der Waals surface area contributed by atoms with Crippen molar-refractivity contribution >= 4 is 28.8 Å². The minimum atomic E-state index is 0.187. The summed E-state index contributed by atoms with van der Waals surface area (Å²) >= 11 is 7.65. The van der Waals surface area contributed by atoms with E-state index >= 15 is 0 Å². The number of carbonyl (C=O) groups is 1. The zero-order valence-corrected chi connectivity index (χ0v) is 17.0. The standard InChI is InChI=1S/C20H26ClN3OS/c1-16-5-3-4-6-17(16)13-22(2)20(25)15-24-11-9-23(10-12-24)14-18-7-8-19(21)26-18/h3-8H,9-15H2,1-2H3. The minimum absolute atomic E-state index is 0.187. The molecule has 3 rings (SSSR count). The maximum atomic E-state index is 12.6. The maximum absolute atomic E-state index is 12.6. The number of amides is 1. The summed E-state index contributed by atoms with van der Waals surface area (Å²) in [5.41, 5.74) is 2.44. The highest BCUT2D eigenvalue weighted by Crippen LogP contribution is 2.23. The number of rotatable bonds is 6. The molecule has 1 aromatic carbocycles. The van der Waals surface area contributed by atoms with Gasteiger partial charge in [-0.25, -0.2) is 0 Å². The number of likely N-dealkylation sites (N-methyl/N-ethyl adjacent to an activating group) is 1. The predicted octanol–water partition coefficient (Wildman–Crippen LogP) is 3.49. The Hall–Kier alpha value is -1.40. The monoisotopic (exact) mass is 391 g/mol. The molecule has 0 aliphatic carbocycles. The highest BCUT2D eigenvalue weighted by molar-refractivity contribution is 7.16. The van der Waals surface area contributed by atoms with Gasteiger partial charge in [0.05, 0.1) is 10.9 Å². The first-order valence-corrected chi connectivity index (χ1v) is 10.2. The van der Waals surface area contributed by atoms with Gasteiger partial charge in [0.2, 0.25) is 5.91 Å². The molecule has 2 heterocycles. The molecule has 1 fully saturated rings. The highest BCUT2D eigenvalue weighted by Gasteiger charge is 2.21. The molecule has 1 amide bonds. The lowest BCUT2D eigenvalue weighted by Gasteiger charge is -2.34. The number of carbonyl (C=O) groups excluding carboxylic acids is 1. The average molecular weight is 392 g/mol. The van der Waals surface area contributed by atoms with Crippen molar-refractivity contribution in [1.29, 1.82) is 0 Å². The van der Waals surface area contributed by atoms with E-state index in [9.17, 15) is 4.79 Å². The molecule has 1 aromatic heterocycles. The molecule has 4 nitrogen and oxygen atoms in total. The largest absolute Gasteiger partial charge is 0.340 e. The Labute approximate surface area is 165 Å². The first-order chi connectivity index (χ1) is 12.5. The quantitative estimate of drug-likeness (QED) is 0.754. The molecular weight excluding hydrogens is 366 g/mol. The van der Waals surface area contributed by atoms with Crippen molar-refractivity contribution in [1.82, 2.24) is 14.7 Å². The fourth-order valence-electron chi connectivity index (χ4n) is 3.21. The van der Waals surface area contributed by atoms with Crippen LogP contribution in [0.25, 0.3) is 0 Å². The average Bonchev–Trinajstić information content (AvgIpc) is 3.03. The molecule has 0 unspecified atom stereocenters. The van der Waals surface area contributed by atoms with Crippen molar-refractivity contribution < 1.29 is 4.79 Å². The number of benzene rings is 1. The first kappa shape index (κ1) is 19.4. The van der Waals surface area contributed by atoms with Crippen LogP contribution in [0.4, 0.5) is 0 Å². The van der Waals surface area contributed by atoms with Crippen LogP contribution in [0, 0.1) is 6.92 Å². The topological polar surface area (TPSA) is 26.8 Å². The second kappa shape index (κ2) is 9.00. The lowest BCUT2D eigenvalue weighted by Crippen LogP contribution is -2.49. The second-order valence-corrected chi connectivity index (χ2v) is 8.73. The SMILES string of the molecule is Cc1ccccc1CN(C)C(=O)CN1CCN(Cc2ccc(Cl)s2)CC1. The van der Waals surface area contributed by atoms with Gasteiger partial charge in [-0.15, -0.1) is 11.3 Å². The van der Waals surface area contributed by atoms with E-state index in [1.165, 1.54) is 16.0 Å². The van der Waals surface area contributed by atoms with E-state index in [4.69, 9.17) is 11.6 Å². The Bertz CT molecular complexity index is 740. The van der Waals surface area contributed by atoms with Crippen molar-refractivity contribution in [3.05, 3.63) is 56.7 Å². The summed E-state index contributed by atoms with van der Waals surface area (Å²) in [5.74, 6) is 0.187. The number of piperazine rings is 1. The zero-order valence-electron chi connectivity index (χ0n) is 15.4. The van der Waals surface area contributed by atoms with E-state index in [0.29, 0.717) is 13.1 Å². The van der Waals surface area contributed by atoms with Crippen LogP contribution in [-0.2, 0) is 17.9 Å². The molecule has 0 spiro atoms. The number of aryl methyl sites for hydroxylation is 1. The molecule has 0 radical (unpaired) electrons. The van der Waals surface area contributed by atoms with Crippen LogP contribution in [0.3, 0.4) is 0 Å². The van der Waals surface area contributed by atoms with Crippen LogP contribution < -0.4 is 0 Å². The molecule has 0 N–H and O–H groups in total. The normalized spacial score (nSPS) is 16.0. The second-order valence-electron chi connectivity index (χ2n) is 6.93. The van der Waals surface area contributed by atoms with Crippen LogP contribution in [-0.4, -0.2) is 60.4 Å². The summed E-state index contributed by atoms with van der Waals surface area (Å²) < 4.78 is 0.848. The Morgan fingerprint density at radius 3 is 2.46 bits per heavy atom. The van der Waals surface area contributed by atoms with Crippen LogP contribution in [0.1, 0.15) is 16.0 Å². The highest BCUT2D eigenvalue weighted by atomic mass is 35.5. The molecule has 0 atom stereocenters. The fraction of sp³-hybridized carbons (Fsp3) is 0.450. The van der Waals surface area contributed by atoms with Gasteiger partial charge < -0.3 is 4.90 Å². The van der Waals surface area contributed by atoms with Gasteiger partial charge in [0.25, 0.3) is 0 Å². The van der Waals surface area contributed by atoms with E-state index in [2.05, 4.69) is 34.9 Å². The van der Waals surface area contributed by atoms with Gasteiger partial charge in [-0.2, -0.15) is 0 Å². The summed E-state index contributed by atoms with van der Waals surface area (Å²) in [4.78, 5) is 20.4. The van der Waals surface area contributed by atoms with Gasteiger partial charge in [0.1, 0.15) is 0 Å². The number of halogens is 1. The molecule has 26 heavy (non-hydrogen) atoms. The predicted molar refractivity (Wildman–Crippen MR) is 109 cm³/mol. The third kappa shape index (κ3) is 5.30. The Morgan fingerprint density at radius 1 is 1.12 bits per heavy atom. The third-order valence-electron chi connectivity index (χ3n) is 4.93. The van der Waals surface area contributed by atoms with Crippen molar-refractivity contribution in [2.24, 2.45) is 0 Å².